The molecule has 11 heteroatoms. The third-order valence-electron chi connectivity index (χ3n) is 5.04. The summed E-state index contributed by atoms with van der Waals surface area (Å²) in [5.74, 6) is 1.33. The van der Waals surface area contributed by atoms with Crippen molar-refractivity contribution in [2.24, 2.45) is 0 Å². The standard InChI is InChI=1S/C21H25N7O3S/c1-13(18(29)27(2)3)14-4-6-15(7-5-14)31-21-25-17(16-12-23-19(22)32-16)24-20(26-21)28-8-10-30-11-9-28/h4-7,12-13H,8-11H2,1-3H3,(H2,22,23)/t13-/m1/s1. The van der Waals surface area contributed by atoms with E-state index in [0.717, 1.165) is 10.4 Å². The summed E-state index contributed by atoms with van der Waals surface area (Å²) >= 11 is 1.30. The number of rotatable bonds is 6. The predicted molar refractivity (Wildman–Crippen MR) is 122 cm³/mol. The zero-order chi connectivity index (χ0) is 22.7. The van der Waals surface area contributed by atoms with Gasteiger partial charge in [-0.05, 0) is 24.6 Å². The van der Waals surface area contributed by atoms with Crippen molar-refractivity contribution in [1.82, 2.24) is 24.8 Å². The van der Waals surface area contributed by atoms with Crippen LogP contribution in [0.5, 0.6) is 11.8 Å². The molecule has 0 unspecified atom stereocenters. The van der Waals surface area contributed by atoms with E-state index < -0.39 is 0 Å². The first-order valence-electron chi connectivity index (χ1n) is 10.2. The molecule has 2 aromatic heterocycles. The van der Waals surface area contributed by atoms with E-state index in [9.17, 15) is 4.79 Å². The molecular weight excluding hydrogens is 430 g/mol. The normalized spacial score (nSPS) is 14.8. The minimum atomic E-state index is -0.243. The molecule has 1 saturated heterocycles. The number of hydrogen-bond donors (Lipinski definition) is 1. The van der Waals surface area contributed by atoms with Crippen LogP contribution in [0.15, 0.2) is 30.5 Å². The second kappa shape index (κ2) is 9.45. The molecule has 1 fully saturated rings. The first kappa shape index (κ1) is 21.9. The van der Waals surface area contributed by atoms with E-state index in [1.165, 1.54) is 11.3 Å². The topological polar surface area (TPSA) is 120 Å². The third kappa shape index (κ3) is 4.94. The highest BCUT2D eigenvalue weighted by atomic mass is 32.1. The van der Waals surface area contributed by atoms with E-state index in [4.69, 9.17) is 15.2 Å². The highest BCUT2D eigenvalue weighted by molar-refractivity contribution is 7.18. The van der Waals surface area contributed by atoms with Crippen molar-refractivity contribution in [1.29, 1.82) is 0 Å². The van der Waals surface area contributed by atoms with Crippen LogP contribution in [0.3, 0.4) is 0 Å². The van der Waals surface area contributed by atoms with Gasteiger partial charge in [0, 0.05) is 27.2 Å². The van der Waals surface area contributed by atoms with Crippen LogP contribution in [0.4, 0.5) is 11.1 Å². The van der Waals surface area contributed by atoms with Crippen molar-refractivity contribution in [2.75, 3.05) is 51.0 Å². The number of carbonyl (C=O) groups is 1. The molecule has 3 aromatic rings. The van der Waals surface area contributed by atoms with Crippen LogP contribution in [0, 0.1) is 0 Å². The highest BCUT2D eigenvalue weighted by Gasteiger charge is 2.20. The molecule has 1 atom stereocenters. The molecule has 1 aromatic carbocycles. The van der Waals surface area contributed by atoms with Gasteiger partial charge < -0.3 is 25.0 Å². The van der Waals surface area contributed by atoms with E-state index in [1.54, 1.807) is 37.3 Å². The first-order valence-corrected chi connectivity index (χ1v) is 11.0. The first-order chi connectivity index (χ1) is 15.4. The van der Waals surface area contributed by atoms with Crippen LogP contribution in [0.1, 0.15) is 18.4 Å². The summed E-state index contributed by atoms with van der Waals surface area (Å²) in [4.78, 5) is 34.2. The second-order valence-corrected chi connectivity index (χ2v) is 8.59. The molecule has 4 rings (SSSR count). The van der Waals surface area contributed by atoms with E-state index in [0.29, 0.717) is 49.0 Å². The average Bonchev–Trinajstić information content (AvgIpc) is 3.25. The monoisotopic (exact) mass is 455 g/mol. The number of carbonyl (C=O) groups excluding carboxylic acids is 1. The van der Waals surface area contributed by atoms with Crippen LogP contribution in [0.2, 0.25) is 0 Å². The fourth-order valence-electron chi connectivity index (χ4n) is 3.26. The minimum Gasteiger partial charge on any atom is -0.424 e. The molecule has 2 N–H and O–H groups in total. The van der Waals surface area contributed by atoms with Gasteiger partial charge in [-0.25, -0.2) is 4.98 Å². The number of ether oxygens (including phenoxy) is 2. The maximum Gasteiger partial charge on any atom is 0.327 e. The second-order valence-electron chi connectivity index (χ2n) is 7.53. The Bertz CT molecular complexity index is 1080. The largest absolute Gasteiger partial charge is 0.424 e. The van der Waals surface area contributed by atoms with Gasteiger partial charge in [0.1, 0.15) is 5.75 Å². The Morgan fingerprint density at radius 2 is 1.91 bits per heavy atom. The minimum absolute atomic E-state index is 0.0414. The number of thiazole rings is 1. The maximum absolute atomic E-state index is 12.2. The molecule has 10 nitrogen and oxygen atoms in total. The number of aromatic nitrogens is 4. The molecular formula is C21H25N7O3S. The lowest BCUT2D eigenvalue weighted by Crippen LogP contribution is -2.37. The summed E-state index contributed by atoms with van der Waals surface area (Å²) in [7, 11) is 3.49. The summed E-state index contributed by atoms with van der Waals surface area (Å²) < 4.78 is 11.4. The van der Waals surface area contributed by atoms with Crippen LogP contribution in [0.25, 0.3) is 10.7 Å². The summed E-state index contributed by atoms with van der Waals surface area (Å²) in [6.07, 6.45) is 1.64. The Morgan fingerprint density at radius 1 is 1.19 bits per heavy atom. The Morgan fingerprint density at radius 3 is 2.53 bits per heavy atom. The fourth-order valence-corrected chi connectivity index (χ4v) is 3.88. The zero-order valence-corrected chi connectivity index (χ0v) is 19.0. The van der Waals surface area contributed by atoms with Crippen LogP contribution >= 0.6 is 11.3 Å². The number of nitrogens with two attached hydrogens (primary N) is 1. The van der Waals surface area contributed by atoms with Gasteiger partial charge in [0.05, 0.1) is 30.2 Å². The number of nitrogens with zero attached hydrogens (tertiary/aromatic N) is 6. The third-order valence-corrected chi connectivity index (χ3v) is 5.86. The fraction of sp³-hybridized carbons (Fsp3) is 0.381. The predicted octanol–water partition coefficient (Wildman–Crippen LogP) is 2.40. The van der Waals surface area contributed by atoms with Crippen molar-refractivity contribution >= 4 is 28.3 Å². The van der Waals surface area contributed by atoms with Gasteiger partial charge >= 0.3 is 6.01 Å². The lowest BCUT2D eigenvalue weighted by atomic mass is 10.00. The maximum atomic E-state index is 12.2. The van der Waals surface area contributed by atoms with Crippen molar-refractivity contribution in [2.45, 2.75) is 12.8 Å². The Labute approximate surface area is 190 Å². The molecule has 0 aliphatic carbocycles. The molecule has 0 spiro atoms. The Hall–Kier alpha value is -3.31. The summed E-state index contributed by atoms with van der Waals surface area (Å²) in [6.45, 7) is 4.46. The quantitative estimate of drug-likeness (QED) is 0.597. The Balaban J connectivity index is 1.60. The van der Waals surface area contributed by atoms with Crippen molar-refractivity contribution in [3.8, 4) is 22.5 Å². The number of morpholine rings is 1. The van der Waals surface area contributed by atoms with Gasteiger partial charge in [0.25, 0.3) is 0 Å². The number of amides is 1. The van der Waals surface area contributed by atoms with Crippen molar-refractivity contribution in [3.05, 3.63) is 36.0 Å². The molecule has 0 saturated carbocycles. The summed E-state index contributed by atoms with van der Waals surface area (Å²) in [5, 5.41) is 0.438. The number of nitrogen functional groups attached to an aromatic ring is 1. The van der Waals surface area contributed by atoms with E-state index >= 15 is 0 Å². The van der Waals surface area contributed by atoms with Gasteiger partial charge in [-0.2, -0.15) is 15.0 Å². The van der Waals surface area contributed by atoms with Gasteiger partial charge in [0.2, 0.25) is 11.9 Å². The summed E-state index contributed by atoms with van der Waals surface area (Å²) in [5.41, 5.74) is 6.69. The van der Waals surface area contributed by atoms with Crippen molar-refractivity contribution in [3.63, 3.8) is 0 Å². The van der Waals surface area contributed by atoms with E-state index in [1.807, 2.05) is 24.0 Å². The lowest BCUT2D eigenvalue weighted by molar-refractivity contribution is -0.129. The Kier molecular flexibility index (Phi) is 6.47. The SMILES string of the molecule is C[C@@H](C(=O)N(C)C)c1ccc(Oc2nc(-c3cnc(N)s3)nc(N3CCOCC3)n2)cc1. The zero-order valence-electron chi connectivity index (χ0n) is 18.2. The van der Waals surface area contributed by atoms with Crippen LogP contribution in [-0.4, -0.2) is 71.1 Å². The van der Waals surface area contributed by atoms with Gasteiger partial charge in [-0.1, -0.05) is 23.5 Å². The highest BCUT2D eigenvalue weighted by Crippen LogP contribution is 2.29. The van der Waals surface area contributed by atoms with Crippen LogP contribution < -0.4 is 15.4 Å². The number of benzene rings is 1. The van der Waals surface area contributed by atoms with Crippen molar-refractivity contribution < 1.29 is 14.3 Å². The molecule has 1 aliphatic heterocycles. The molecule has 0 radical (unpaired) electrons. The van der Waals surface area contributed by atoms with Crippen LogP contribution in [-0.2, 0) is 9.53 Å². The molecule has 0 bridgehead atoms. The van der Waals surface area contributed by atoms with Gasteiger partial charge in [0.15, 0.2) is 11.0 Å². The molecule has 32 heavy (non-hydrogen) atoms. The number of hydrogen-bond acceptors (Lipinski definition) is 10. The number of anilines is 2. The lowest BCUT2D eigenvalue weighted by Gasteiger charge is -2.26. The van der Waals surface area contributed by atoms with E-state index in [-0.39, 0.29) is 17.8 Å². The van der Waals surface area contributed by atoms with Gasteiger partial charge in [-0.15, -0.1) is 0 Å². The number of likely N-dealkylation sites (N-methyl/N-ethyl adjacent to an activating group) is 1. The molecule has 1 amide bonds. The van der Waals surface area contributed by atoms with E-state index in [2.05, 4.69) is 19.9 Å². The summed E-state index contributed by atoms with van der Waals surface area (Å²) in [6, 6.07) is 7.52. The molecule has 168 valence electrons. The molecule has 3 heterocycles. The average molecular weight is 456 g/mol. The smallest absolute Gasteiger partial charge is 0.327 e. The molecule has 1 aliphatic rings. The van der Waals surface area contributed by atoms with Gasteiger partial charge in [-0.3, -0.25) is 4.79 Å².